The number of imidazole rings is 1. The average molecular weight is 539 g/mol. The van der Waals surface area contributed by atoms with Gasteiger partial charge in [0.25, 0.3) is 0 Å². The van der Waals surface area contributed by atoms with Gasteiger partial charge in [0.2, 0.25) is 17.8 Å². The maximum atomic E-state index is 11.7. The molecule has 2 heterocycles. The Labute approximate surface area is 217 Å². The molecule has 1 amide bonds. The second-order valence-electron chi connectivity index (χ2n) is 9.23. The van der Waals surface area contributed by atoms with Gasteiger partial charge in [-0.05, 0) is 57.1 Å². The molecule has 9 nitrogen and oxygen atoms in total. The summed E-state index contributed by atoms with van der Waals surface area (Å²) in [5, 5.41) is 17.9. The molecule has 0 radical (unpaired) electrons. The van der Waals surface area contributed by atoms with Crippen molar-refractivity contribution in [3.63, 3.8) is 0 Å². The van der Waals surface area contributed by atoms with E-state index in [4.69, 9.17) is 50.5 Å². The minimum atomic E-state index is -0.422. The lowest BCUT2D eigenvalue weighted by Gasteiger charge is -2.29. The Hall–Kier alpha value is -2.33. The fourth-order valence-electron chi connectivity index (χ4n) is 5.06. The first-order chi connectivity index (χ1) is 16.8. The first-order valence-electron chi connectivity index (χ1n) is 11.7. The van der Waals surface area contributed by atoms with Crippen molar-refractivity contribution in [3.05, 3.63) is 33.4 Å². The molecule has 186 valence electrons. The molecule has 0 saturated heterocycles. The maximum Gasteiger partial charge on any atom is 0.225 e. The van der Waals surface area contributed by atoms with Crippen LogP contribution in [0.3, 0.4) is 0 Å². The summed E-state index contributed by atoms with van der Waals surface area (Å²) in [6.45, 7) is 0. The zero-order valence-electron chi connectivity index (χ0n) is 18.8. The van der Waals surface area contributed by atoms with Crippen molar-refractivity contribution >= 4 is 69.5 Å². The number of benzene rings is 1. The van der Waals surface area contributed by atoms with E-state index < -0.39 is 6.10 Å². The second-order valence-corrected chi connectivity index (χ2v) is 10.5. The molecule has 3 aromatic rings. The van der Waals surface area contributed by atoms with Crippen molar-refractivity contribution < 1.29 is 9.90 Å². The molecule has 5 N–H and O–H groups in total. The first-order valence-corrected chi connectivity index (χ1v) is 12.8. The van der Waals surface area contributed by atoms with Crippen LogP contribution in [-0.2, 0) is 4.79 Å². The minimum Gasteiger partial charge on any atom is -0.391 e. The summed E-state index contributed by atoms with van der Waals surface area (Å²) in [5.41, 5.74) is 7.28. The van der Waals surface area contributed by atoms with Gasteiger partial charge in [0.05, 0.1) is 34.1 Å². The molecular formula is C23H26Cl3N7O2. The highest BCUT2D eigenvalue weighted by Crippen LogP contribution is 2.40. The predicted molar refractivity (Wildman–Crippen MR) is 138 cm³/mol. The molecule has 2 aliphatic rings. The number of nitrogens with one attached hydrogen (secondary N) is 2. The summed E-state index contributed by atoms with van der Waals surface area (Å²) in [6, 6.07) is 3.16. The number of carbonyl (C=O) groups excluding carboxylic acids is 1. The number of aliphatic hydroxyl groups is 1. The van der Waals surface area contributed by atoms with Gasteiger partial charge in [-0.15, -0.1) is 0 Å². The van der Waals surface area contributed by atoms with Crippen LogP contribution in [0.4, 0.5) is 17.6 Å². The van der Waals surface area contributed by atoms with E-state index in [1.807, 2.05) is 4.57 Å². The Kier molecular flexibility index (Phi) is 6.94. The van der Waals surface area contributed by atoms with Crippen molar-refractivity contribution in [2.75, 3.05) is 10.6 Å². The molecule has 1 aromatic carbocycles. The summed E-state index contributed by atoms with van der Waals surface area (Å²) < 4.78 is 2.02. The van der Waals surface area contributed by atoms with Crippen LogP contribution in [0.25, 0.3) is 11.2 Å². The molecule has 2 atom stereocenters. The van der Waals surface area contributed by atoms with Crippen molar-refractivity contribution in [1.29, 1.82) is 0 Å². The number of anilines is 3. The number of rotatable bonds is 6. The van der Waals surface area contributed by atoms with Gasteiger partial charge < -0.3 is 21.5 Å². The molecule has 0 unspecified atom stereocenters. The van der Waals surface area contributed by atoms with Crippen LogP contribution in [0.5, 0.6) is 0 Å². The number of primary amides is 1. The summed E-state index contributed by atoms with van der Waals surface area (Å²) in [6.07, 6.45) is 6.67. The number of fused-ring (bicyclic) bond motifs is 1. The Morgan fingerprint density at radius 1 is 1.06 bits per heavy atom. The van der Waals surface area contributed by atoms with Crippen LogP contribution in [0.2, 0.25) is 15.1 Å². The molecule has 2 aliphatic carbocycles. The smallest absolute Gasteiger partial charge is 0.225 e. The van der Waals surface area contributed by atoms with Gasteiger partial charge >= 0.3 is 0 Å². The number of nitrogens with two attached hydrogens (primary N) is 1. The highest BCUT2D eigenvalue weighted by molar-refractivity contribution is 6.41. The Balaban J connectivity index is 1.54. The van der Waals surface area contributed by atoms with Gasteiger partial charge in [-0.3, -0.25) is 9.36 Å². The topological polar surface area (TPSA) is 131 Å². The molecular weight excluding hydrogens is 513 g/mol. The van der Waals surface area contributed by atoms with Crippen LogP contribution in [0, 0.1) is 5.92 Å². The van der Waals surface area contributed by atoms with E-state index in [1.54, 1.807) is 18.3 Å². The molecule has 5 rings (SSSR count). The fraction of sp³-hybridized carbons (Fsp3) is 0.478. The van der Waals surface area contributed by atoms with Crippen LogP contribution in [0.1, 0.15) is 51.0 Å². The highest BCUT2D eigenvalue weighted by Gasteiger charge is 2.30. The zero-order valence-corrected chi connectivity index (χ0v) is 21.1. The lowest BCUT2D eigenvalue weighted by Crippen LogP contribution is -2.29. The van der Waals surface area contributed by atoms with E-state index in [2.05, 4.69) is 15.6 Å². The van der Waals surface area contributed by atoms with Gasteiger partial charge in [0.15, 0.2) is 5.65 Å². The minimum absolute atomic E-state index is 0.0303. The number of aromatic nitrogens is 4. The number of hydrogen-bond donors (Lipinski definition) is 4. The molecule has 0 bridgehead atoms. The normalized spacial score (nSPS) is 24.6. The van der Waals surface area contributed by atoms with Crippen LogP contribution >= 0.6 is 34.8 Å². The summed E-state index contributed by atoms with van der Waals surface area (Å²) in [5.74, 6) is 0.555. The van der Waals surface area contributed by atoms with Crippen molar-refractivity contribution in [2.24, 2.45) is 11.7 Å². The SMILES string of the molecule is NC(=O)[C@H]1CC[C@@H](n2c(Nc3c(Cl)cc(Cl)cc3Cl)nc3cnc(N[C@@H]4CCC[C@H]4O)nc32)CC1. The van der Waals surface area contributed by atoms with Crippen molar-refractivity contribution in [2.45, 2.75) is 63.1 Å². The van der Waals surface area contributed by atoms with Gasteiger partial charge in [-0.1, -0.05) is 34.8 Å². The summed E-state index contributed by atoms with van der Waals surface area (Å²) >= 11 is 18.9. The third kappa shape index (κ3) is 5.00. The van der Waals surface area contributed by atoms with Gasteiger partial charge in [0, 0.05) is 17.0 Å². The van der Waals surface area contributed by atoms with Gasteiger partial charge in [-0.2, -0.15) is 4.98 Å². The largest absolute Gasteiger partial charge is 0.391 e. The van der Waals surface area contributed by atoms with Crippen molar-refractivity contribution in [1.82, 2.24) is 19.5 Å². The van der Waals surface area contributed by atoms with E-state index in [9.17, 15) is 9.90 Å². The zero-order chi connectivity index (χ0) is 24.7. The number of amides is 1. The number of carbonyl (C=O) groups is 1. The highest BCUT2D eigenvalue weighted by atomic mass is 35.5. The number of nitrogens with zero attached hydrogens (tertiary/aromatic N) is 4. The van der Waals surface area contributed by atoms with Crippen LogP contribution < -0.4 is 16.4 Å². The third-order valence-electron chi connectivity index (χ3n) is 6.93. The monoisotopic (exact) mass is 537 g/mol. The molecule has 2 aromatic heterocycles. The summed E-state index contributed by atoms with van der Waals surface area (Å²) in [7, 11) is 0. The molecule has 35 heavy (non-hydrogen) atoms. The number of hydrogen-bond acceptors (Lipinski definition) is 7. The number of halogens is 3. The van der Waals surface area contributed by atoms with Crippen LogP contribution in [0.15, 0.2) is 18.3 Å². The quantitative estimate of drug-likeness (QED) is 0.344. The Bertz CT molecular complexity index is 1240. The van der Waals surface area contributed by atoms with E-state index in [1.165, 1.54) is 0 Å². The Morgan fingerprint density at radius 2 is 1.77 bits per heavy atom. The van der Waals surface area contributed by atoms with E-state index in [0.29, 0.717) is 56.7 Å². The molecule has 2 fully saturated rings. The molecule has 2 saturated carbocycles. The molecule has 12 heteroatoms. The molecule has 0 aliphatic heterocycles. The fourth-order valence-corrected chi connectivity index (χ4v) is 5.97. The Morgan fingerprint density at radius 3 is 2.40 bits per heavy atom. The summed E-state index contributed by atoms with van der Waals surface area (Å²) in [4.78, 5) is 25.6. The van der Waals surface area contributed by atoms with Gasteiger partial charge in [0.1, 0.15) is 5.52 Å². The lowest BCUT2D eigenvalue weighted by atomic mass is 9.85. The average Bonchev–Trinajstić information content (AvgIpc) is 3.38. The molecule has 0 spiro atoms. The van der Waals surface area contributed by atoms with Crippen LogP contribution in [-0.4, -0.2) is 42.7 Å². The first kappa shape index (κ1) is 24.4. The van der Waals surface area contributed by atoms with E-state index >= 15 is 0 Å². The predicted octanol–water partition coefficient (Wildman–Crippen LogP) is 5.07. The maximum absolute atomic E-state index is 11.7. The van der Waals surface area contributed by atoms with E-state index in [0.717, 1.165) is 32.1 Å². The van der Waals surface area contributed by atoms with Crippen molar-refractivity contribution in [3.8, 4) is 0 Å². The van der Waals surface area contributed by atoms with E-state index in [-0.39, 0.29) is 23.9 Å². The lowest BCUT2D eigenvalue weighted by molar-refractivity contribution is -0.122. The third-order valence-corrected chi connectivity index (χ3v) is 7.75. The van der Waals surface area contributed by atoms with Gasteiger partial charge in [-0.25, -0.2) is 9.97 Å². The standard InChI is InChI=1S/C23H26Cl3N7O2/c24-12-8-14(25)19(15(26)9-12)31-23-30-17-10-28-22(29-16-2-1-3-18(16)34)32-21(17)33(23)13-6-4-11(5-7-13)20(27)35/h8-11,13,16,18,34H,1-7H2,(H2,27,35)(H,30,31)(H,28,29,32)/t11-,13+,16-,18-/m1/s1. The number of aliphatic hydroxyl groups excluding tert-OH is 1. The second kappa shape index (κ2) is 9.97.